The van der Waals surface area contributed by atoms with Crippen molar-refractivity contribution < 1.29 is 4.79 Å². The molecule has 6 nitrogen and oxygen atoms in total. The maximum atomic E-state index is 11.8. The maximum absolute atomic E-state index is 11.8. The second kappa shape index (κ2) is 5.69. The van der Waals surface area contributed by atoms with E-state index in [4.69, 9.17) is 0 Å². The first-order valence-corrected chi connectivity index (χ1v) is 7.64. The predicted octanol–water partition coefficient (Wildman–Crippen LogP) is 1.89. The standard InChI is InChI=1S/C14H15N5OS/c1-9(2)16-12(20)7-21-14-13-18-15-8-19(13)11-6-4-3-5-10(11)17-14/h3-6,8-9H,7H2,1-2H3,(H,16,20). The fourth-order valence-electron chi connectivity index (χ4n) is 2.07. The largest absolute Gasteiger partial charge is 0.353 e. The number of rotatable bonds is 4. The lowest BCUT2D eigenvalue weighted by molar-refractivity contribution is -0.119. The smallest absolute Gasteiger partial charge is 0.230 e. The van der Waals surface area contributed by atoms with Gasteiger partial charge in [-0.3, -0.25) is 9.20 Å². The van der Waals surface area contributed by atoms with Gasteiger partial charge in [0.05, 0.1) is 16.8 Å². The summed E-state index contributed by atoms with van der Waals surface area (Å²) in [5, 5.41) is 11.6. The Morgan fingerprint density at radius 3 is 3.00 bits per heavy atom. The molecule has 0 aliphatic rings. The monoisotopic (exact) mass is 301 g/mol. The van der Waals surface area contributed by atoms with Gasteiger partial charge in [-0.05, 0) is 26.0 Å². The van der Waals surface area contributed by atoms with Crippen LogP contribution in [0.25, 0.3) is 16.7 Å². The molecule has 0 saturated heterocycles. The van der Waals surface area contributed by atoms with Crippen LogP contribution in [0.1, 0.15) is 13.8 Å². The Kier molecular flexibility index (Phi) is 3.74. The molecule has 3 rings (SSSR count). The second-order valence-corrected chi connectivity index (χ2v) is 5.91. The first-order chi connectivity index (χ1) is 10.1. The lowest BCUT2D eigenvalue weighted by Crippen LogP contribution is -2.31. The Hall–Kier alpha value is -2.15. The summed E-state index contributed by atoms with van der Waals surface area (Å²) in [5.74, 6) is 0.300. The van der Waals surface area contributed by atoms with Gasteiger partial charge in [-0.25, -0.2) is 4.98 Å². The Morgan fingerprint density at radius 2 is 2.19 bits per heavy atom. The number of para-hydroxylation sites is 2. The zero-order chi connectivity index (χ0) is 14.8. The third kappa shape index (κ3) is 2.82. The molecule has 0 bridgehead atoms. The lowest BCUT2D eigenvalue weighted by atomic mass is 10.3. The summed E-state index contributed by atoms with van der Waals surface area (Å²) in [7, 11) is 0. The SMILES string of the molecule is CC(C)NC(=O)CSc1nc2ccccc2n2cnnc12. The minimum Gasteiger partial charge on any atom is -0.353 e. The number of carbonyl (C=O) groups is 1. The van der Waals surface area contributed by atoms with E-state index >= 15 is 0 Å². The fourth-order valence-corrected chi connectivity index (χ4v) is 2.86. The first kappa shape index (κ1) is 13.8. The van der Waals surface area contributed by atoms with Gasteiger partial charge in [0.2, 0.25) is 5.91 Å². The minimum atomic E-state index is -0.0115. The van der Waals surface area contributed by atoms with Crippen LogP contribution in [0.15, 0.2) is 35.6 Å². The van der Waals surface area contributed by atoms with Crippen molar-refractivity contribution in [1.29, 1.82) is 0 Å². The average Bonchev–Trinajstić information content (AvgIpc) is 2.94. The predicted molar refractivity (Wildman–Crippen MR) is 82.3 cm³/mol. The van der Waals surface area contributed by atoms with Gasteiger partial charge in [0, 0.05) is 6.04 Å². The summed E-state index contributed by atoms with van der Waals surface area (Å²) in [5.41, 5.74) is 2.49. The minimum absolute atomic E-state index is 0.0115. The van der Waals surface area contributed by atoms with E-state index in [1.54, 1.807) is 6.33 Å². The molecule has 2 aromatic heterocycles. The number of hydrogen-bond acceptors (Lipinski definition) is 5. The average molecular weight is 301 g/mol. The van der Waals surface area contributed by atoms with E-state index in [-0.39, 0.29) is 11.9 Å². The Morgan fingerprint density at radius 1 is 1.38 bits per heavy atom. The first-order valence-electron chi connectivity index (χ1n) is 6.66. The van der Waals surface area contributed by atoms with Crippen LogP contribution in [0.2, 0.25) is 0 Å². The molecular formula is C14H15N5OS. The molecule has 0 aliphatic heterocycles. The van der Waals surface area contributed by atoms with Gasteiger partial charge in [0.1, 0.15) is 11.4 Å². The molecule has 0 radical (unpaired) electrons. The highest BCUT2D eigenvalue weighted by molar-refractivity contribution is 8.00. The summed E-state index contributed by atoms with van der Waals surface area (Å²) in [6.45, 7) is 3.88. The molecule has 1 amide bonds. The highest BCUT2D eigenvalue weighted by atomic mass is 32.2. The molecule has 0 fully saturated rings. The van der Waals surface area contributed by atoms with E-state index in [1.807, 2.05) is 42.5 Å². The van der Waals surface area contributed by atoms with Gasteiger partial charge in [0.15, 0.2) is 5.65 Å². The van der Waals surface area contributed by atoms with Gasteiger partial charge in [-0.15, -0.1) is 10.2 Å². The van der Waals surface area contributed by atoms with Crippen molar-refractivity contribution in [2.24, 2.45) is 0 Å². The van der Waals surface area contributed by atoms with Crippen LogP contribution in [-0.4, -0.2) is 37.3 Å². The summed E-state index contributed by atoms with van der Waals surface area (Å²) in [6.07, 6.45) is 1.66. The Balaban J connectivity index is 1.93. The molecular weight excluding hydrogens is 286 g/mol. The van der Waals surface area contributed by atoms with Gasteiger partial charge in [0.25, 0.3) is 0 Å². The molecule has 0 aliphatic carbocycles. The molecule has 0 spiro atoms. The van der Waals surface area contributed by atoms with Crippen molar-refractivity contribution in [3.05, 3.63) is 30.6 Å². The van der Waals surface area contributed by atoms with E-state index < -0.39 is 0 Å². The van der Waals surface area contributed by atoms with Crippen LogP contribution in [0.3, 0.4) is 0 Å². The topological polar surface area (TPSA) is 72.2 Å². The number of hydrogen-bond donors (Lipinski definition) is 1. The van der Waals surface area contributed by atoms with Crippen LogP contribution in [0.4, 0.5) is 0 Å². The zero-order valence-corrected chi connectivity index (χ0v) is 12.6. The normalized spacial score (nSPS) is 11.4. The van der Waals surface area contributed by atoms with Crippen molar-refractivity contribution in [3.63, 3.8) is 0 Å². The highest BCUT2D eigenvalue weighted by Gasteiger charge is 2.12. The summed E-state index contributed by atoms with van der Waals surface area (Å²) in [6, 6.07) is 7.93. The number of thioether (sulfide) groups is 1. The van der Waals surface area contributed by atoms with Crippen molar-refractivity contribution in [2.45, 2.75) is 24.9 Å². The van der Waals surface area contributed by atoms with Crippen LogP contribution >= 0.6 is 11.8 Å². The summed E-state index contributed by atoms with van der Waals surface area (Å²) in [4.78, 5) is 16.3. The lowest BCUT2D eigenvalue weighted by Gasteiger charge is -2.08. The van der Waals surface area contributed by atoms with E-state index in [0.29, 0.717) is 16.4 Å². The molecule has 2 heterocycles. The third-order valence-corrected chi connectivity index (χ3v) is 3.85. The van der Waals surface area contributed by atoms with E-state index in [0.717, 1.165) is 11.0 Å². The van der Waals surface area contributed by atoms with Gasteiger partial charge in [-0.2, -0.15) is 0 Å². The number of carbonyl (C=O) groups excluding carboxylic acids is 1. The van der Waals surface area contributed by atoms with Crippen LogP contribution in [-0.2, 0) is 4.79 Å². The zero-order valence-electron chi connectivity index (χ0n) is 11.8. The van der Waals surface area contributed by atoms with Crippen LogP contribution < -0.4 is 5.32 Å². The fraction of sp³-hybridized carbons (Fsp3) is 0.286. The highest BCUT2D eigenvalue weighted by Crippen LogP contribution is 2.24. The molecule has 0 unspecified atom stereocenters. The molecule has 1 N–H and O–H groups in total. The van der Waals surface area contributed by atoms with Crippen molar-refractivity contribution >= 4 is 34.3 Å². The molecule has 0 saturated carbocycles. The number of fused-ring (bicyclic) bond motifs is 3. The number of amides is 1. The molecule has 3 aromatic rings. The molecule has 7 heteroatoms. The van der Waals surface area contributed by atoms with E-state index in [2.05, 4.69) is 20.5 Å². The van der Waals surface area contributed by atoms with E-state index in [9.17, 15) is 4.79 Å². The molecule has 108 valence electrons. The number of nitrogens with zero attached hydrogens (tertiary/aromatic N) is 4. The van der Waals surface area contributed by atoms with E-state index in [1.165, 1.54) is 11.8 Å². The van der Waals surface area contributed by atoms with Gasteiger partial charge < -0.3 is 5.32 Å². The summed E-state index contributed by atoms with van der Waals surface area (Å²) < 4.78 is 1.89. The van der Waals surface area contributed by atoms with Crippen molar-refractivity contribution in [1.82, 2.24) is 24.9 Å². The number of benzene rings is 1. The Labute approximate surface area is 126 Å². The van der Waals surface area contributed by atoms with Crippen LogP contribution in [0, 0.1) is 0 Å². The van der Waals surface area contributed by atoms with Gasteiger partial charge in [-0.1, -0.05) is 23.9 Å². The van der Waals surface area contributed by atoms with Crippen molar-refractivity contribution in [2.75, 3.05) is 5.75 Å². The van der Waals surface area contributed by atoms with Crippen molar-refractivity contribution in [3.8, 4) is 0 Å². The molecule has 1 aromatic carbocycles. The second-order valence-electron chi connectivity index (χ2n) is 4.94. The molecule has 21 heavy (non-hydrogen) atoms. The molecule has 0 atom stereocenters. The quantitative estimate of drug-likeness (QED) is 0.745. The number of nitrogens with one attached hydrogen (secondary N) is 1. The maximum Gasteiger partial charge on any atom is 0.230 e. The number of aromatic nitrogens is 4. The van der Waals surface area contributed by atoms with Crippen LogP contribution in [0.5, 0.6) is 0 Å². The Bertz CT molecular complexity index is 798. The third-order valence-electron chi connectivity index (χ3n) is 2.89. The summed E-state index contributed by atoms with van der Waals surface area (Å²) >= 11 is 1.37. The van der Waals surface area contributed by atoms with Gasteiger partial charge >= 0.3 is 0 Å².